The second kappa shape index (κ2) is 13.0. The number of carbonyl (C=O) groups excluding carboxylic acids is 1. The Morgan fingerprint density at radius 2 is 1.93 bits per heavy atom. The van der Waals surface area contributed by atoms with Crippen LogP contribution in [-0.2, 0) is 6.18 Å². The maximum atomic E-state index is 17.0. The lowest BCUT2D eigenvalue weighted by Gasteiger charge is -2.35. The zero-order valence-electron chi connectivity index (χ0n) is 29.3. The van der Waals surface area contributed by atoms with Gasteiger partial charge in [0.05, 0.1) is 35.4 Å². The first kappa shape index (κ1) is 36.3. The van der Waals surface area contributed by atoms with Gasteiger partial charge in [-0.15, -0.1) is 5.10 Å². The van der Waals surface area contributed by atoms with Crippen LogP contribution in [0.15, 0.2) is 12.4 Å². The van der Waals surface area contributed by atoms with Crippen molar-refractivity contribution >= 4 is 40.0 Å². The van der Waals surface area contributed by atoms with E-state index in [0.29, 0.717) is 25.5 Å². The Morgan fingerprint density at radius 1 is 1.15 bits per heavy atom. The number of pyridine rings is 1. The first-order chi connectivity index (χ1) is 25.6. The molecule has 0 unspecified atom stereocenters. The van der Waals surface area contributed by atoms with Crippen LogP contribution in [0.3, 0.4) is 0 Å². The van der Waals surface area contributed by atoms with Gasteiger partial charge in [0.25, 0.3) is 0 Å². The summed E-state index contributed by atoms with van der Waals surface area (Å²) in [6.45, 7) is 5.75. The van der Waals surface area contributed by atoms with E-state index in [1.165, 1.54) is 6.33 Å². The van der Waals surface area contributed by atoms with Gasteiger partial charge in [0.1, 0.15) is 53.4 Å². The summed E-state index contributed by atoms with van der Waals surface area (Å²) in [5.41, 5.74) is 0.143. The fourth-order valence-electron chi connectivity index (χ4n) is 8.62. The van der Waals surface area contributed by atoms with Gasteiger partial charge in [-0.25, -0.2) is 27.9 Å². The second-order valence-electron chi connectivity index (χ2n) is 14.4. The molecule has 1 amide bonds. The van der Waals surface area contributed by atoms with Gasteiger partial charge in [-0.2, -0.15) is 27.8 Å². The van der Waals surface area contributed by atoms with Gasteiger partial charge in [-0.3, -0.25) is 4.90 Å². The second-order valence-corrected chi connectivity index (χ2v) is 14.8. The number of anilines is 2. The highest BCUT2D eigenvalue weighted by Gasteiger charge is 2.50. The lowest BCUT2D eigenvalue weighted by molar-refractivity contribution is -0.137. The number of likely N-dealkylation sites (tertiary alicyclic amines) is 1. The lowest BCUT2D eigenvalue weighted by Crippen LogP contribution is -2.49. The number of amides is 1. The number of benzene rings is 1. The van der Waals surface area contributed by atoms with Crippen LogP contribution in [0.25, 0.3) is 22.2 Å². The Kier molecular flexibility index (Phi) is 8.74. The molecule has 0 aliphatic carbocycles. The summed E-state index contributed by atoms with van der Waals surface area (Å²) in [6, 6.07) is -1.01. The topological polar surface area (TPSA) is 141 Å². The molecule has 20 heteroatoms. The highest BCUT2D eigenvalue weighted by molar-refractivity contribution is 6.28. The molecule has 0 spiro atoms. The molecule has 3 saturated heterocycles. The number of halogens is 7. The SMILES string of the molecule is Cc1c(F)c(N)cc(-c2nc3c4c(nc(OC[C@@]56CCCN5C[C@H](F)C6)nc4c2F)N([C@@H]2CCN(C(=O)n4cnc(Cl)n4)[C@@H]2C)C[C@H](C)O3)c1C(F)(F)F. The molecule has 8 rings (SSSR count). The van der Waals surface area contributed by atoms with Crippen LogP contribution in [0.5, 0.6) is 11.9 Å². The largest absolute Gasteiger partial charge is 0.472 e. The van der Waals surface area contributed by atoms with Crippen molar-refractivity contribution < 1.29 is 40.6 Å². The molecular weight excluding hydrogens is 746 g/mol. The van der Waals surface area contributed by atoms with E-state index in [1.54, 1.807) is 11.8 Å². The molecule has 2 N–H and O–H groups in total. The zero-order valence-corrected chi connectivity index (χ0v) is 30.1. The molecule has 7 heterocycles. The van der Waals surface area contributed by atoms with Crippen molar-refractivity contribution in [2.45, 2.75) is 82.5 Å². The van der Waals surface area contributed by atoms with Crippen molar-refractivity contribution in [3.05, 3.63) is 40.4 Å². The third kappa shape index (κ3) is 5.90. The quantitative estimate of drug-likeness (QED) is 0.194. The summed E-state index contributed by atoms with van der Waals surface area (Å²) in [5, 5.41) is 3.77. The number of nitrogens with zero attached hydrogens (tertiary/aromatic N) is 9. The van der Waals surface area contributed by atoms with Gasteiger partial charge in [0, 0.05) is 25.1 Å². The van der Waals surface area contributed by atoms with Crippen LogP contribution >= 0.6 is 11.6 Å². The molecule has 288 valence electrons. The zero-order chi connectivity index (χ0) is 38.4. The first-order valence-electron chi connectivity index (χ1n) is 17.5. The van der Waals surface area contributed by atoms with Crippen molar-refractivity contribution in [1.29, 1.82) is 0 Å². The third-order valence-corrected chi connectivity index (χ3v) is 11.2. The number of rotatable bonds is 5. The molecule has 13 nitrogen and oxygen atoms in total. The van der Waals surface area contributed by atoms with Crippen molar-refractivity contribution in [2.75, 3.05) is 43.4 Å². The molecule has 4 aromatic rings. The number of alkyl halides is 4. The number of carbonyl (C=O) groups is 1. The van der Waals surface area contributed by atoms with E-state index < -0.39 is 87.3 Å². The molecule has 3 fully saturated rings. The van der Waals surface area contributed by atoms with Gasteiger partial charge in [0.15, 0.2) is 5.82 Å². The predicted molar refractivity (Wildman–Crippen MR) is 183 cm³/mol. The predicted octanol–water partition coefficient (Wildman–Crippen LogP) is 5.80. The minimum absolute atomic E-state index is 0.0217. The Balaban J connectivity index is 1.29. The summed E-state index contributed by atoms with van der Waals surface area (Å²) in [5.74, 6) is -2.72. The van der Waals surface area contributed by atoms with E-state index in [9.17, 15) is 26.7 Å². The van der Waals surface area contributed by atoms with E-state index in [-0.39, 0.29) is 61.0 Å². The monoisotopic (exact) mass is 780 g/mol. The highest BCUT2D eigenvalue weighted by Crippen LogP contribution is 2.47. The maximum Gasteiger partial charge on any atom is 0.417 e. The maximum absolute atomic E-state index is 17.0. The van der Waals surface area contributed by atoms with Crippen LogP contribution in [0.1, 0.15) is 50.7 Å². The molecule has 0 radical (unpaired) electrons. The Morgan fingerprint density at radius 3 is 2.65 bits per heavy atom. The molecule has 4 aliphatic heterocycles. The number of hydrogen-bond donors (Lipinski definition) is 1. The molecule has 0 saturated carbocycles. The fraction of sp³-hybridized carbons (Fsp3) is 0.529. The Hall–Kier alpha value is -4.65. The van der Waals surface area contributed by atoms with Gasteiger partial charge in [0.2, 0.25) is 11.2 Å². The normalized spacial score (nSPS) is 25.7. The van der Waals surface area contributed by atoms with Crippen LogP contribution in [0.4, 0.5) is 42.6 Å². The average Bonchev–Trinajstić information content (AvgIpc) is 3.86. The van der Waals surface area contributed by atoms with Crippen molar-refractivity contribution in [3.8, 4) is 23.1 Å². The van der Waals surface area contributed by atoms with Crippen LogP contribution < -0.4 is 20.1 Å². The van der Waals surface area contributed by atoms with Crippen LogP contribution in [-0.4, -0.2) is 108 Å². The van der Waals surface area contributed by atoms with E-state index in [1.807, 2.05) is 16.7 Å². The van der Waals surface area contributed by atoms with Gasteiger partial charge in [-0.05, 0) is 69.8 Å². The minimum atomic E-state index is -5.12. The summed E-state index contributed by atoms with van der Waals surface area (Å²) >= 11 is 5.86. The summed E-state index contributed by atoms with van der Waals surface area (Å²) in [6.07, 6.45) is -3.55. The van der Waals surface area contributed by atoms with Gasteiger partial charge in [-0.1, -0.05) is 0 Å². The fourth-order valence-corrected chi connectivity index (χ4v) is 8.74. The first-order valence-corrected chi connectivity index (χ1v) is 17.8. The molecule has 0 bridgehead atoms. The standard InChI is InChI=1S/C34H35ClF6N10O3/c1-15-11-50(21-5-8-49(17(21)3)32(52)51-14-43-30(35)47-51)28-22-27(45-31(46-28)53-13-33-6-4-7-48(33)12-18(36)10-33)25(38)26(44-29(22)54-15)19-9-20(42)24(37)16(2)23(19)34(39,40)41/h9,14-15,17-18,21H,4-8,10-13,42H2,1-3H3/t15-,17+,18+,21+,33-/m0/s1. The van der Waals surface area contributed by atoms with Gasteiger partial charge >= 0.3 is 18.2 Å². The van der Waals surface area contributed by atoms with E-state index in [0.717, 1.165) is 18.0 Å². The van der Waals surface area contributed by atoms with E-state index >= 15 is 4.39 Å². The summed E-state index contributed by atoms with van der Waals surface area (Å²) < 4.78 is 103. The molecule has 1 aromatic carbocycles. The summed E-state index contributed by atoms with van der Waals surface area (Å²) in [7, 11) is 0. The molecule has 5 atom stereocenters. The smallest absolute Gasteiger partial charge is 0.417 e. The molecule has 54 heavy (non-hydrogen) atoms. The van der Waals surface area contributed by atoms with Crippen LogP contribution in [0.2, 0.25) is 5.28 Å². The number of nitrogen functional groups attached to an aromatic ring is 1. The molecule has 3 aromatic heterocycles. The highest BCUT2D eigenvalue weighted by atomic mass is 35.5. The number of nitrogens with two attached hydrogens (primary N) is 1. The number of ether oxygens (including phenoxy) is 2. The summed E-state index contributed by atoms with van der Waals surface area (Å²) in [4.78, 5) is 36.1. The Labute approximate surface area is 309 Å². The number of aromatic nitrogens is 6. The number of fused-ring (bicyclic) bond motifs is 1. The van der Waals surface area contributed by atoms with Gasteiger partial charge < -0.3 is 25.0 Å². The van der Waals surface area contributed by atoms with E-state index in [4.69, 9.17) is 31.8 Å². The van der Waals surface area contributed by atoms with Crippen molar-refractivity contribution in [1.82, 2.24) is 39.5 Å². The van der Waals surface area contributed by atoms with Crippen molar-refractivity contribution in [2.24, 2.45) is 0 Å². The van der Waals surface area contributed by atoms with E-state index in [2.05, 4.69) is 20.1 Å². The average molecular weight is 781 g/mol. The Bertz CT molecular complexity index is 2170. The minimum Gasteiger partial charge on any atom is -0.472 e. The number of hydrogen-bond acceptors (Lipinski definition) is 11. The van der Waals surface area contributed by atoms with Crippen molar-refractivity contribution in [3.63, 3.8) is 0 Å². The molecule has 4 aliphatic rings. The lowest BCUT2D eigenvalue weighted by atomic mass is 9.95. The molecular formula is C34H35ClF6N10O3. The van der Waals surface area contributed by atoms with Crippen LogP contribution in [0, 0.1) is 18.6 Å². The third-order valence-electron chi connectivity index (χ3n) is 11.1.